The van der Waals surface area contributed by atoms with Crippen molar-refractivity contribution < 1.29 is 4.79 Å². The molecule has 0 aromatic carbocycles. The maximum absolute atomic E-state index is 10.4. The standard InChI is InChI=1S/C7H16N2O/c1-3-5(2)6(8)4-7(9)10/h5-6H,3-4,8H2,1-2H3,(H2,9,10)/t5?,6-/m1/s1. The first-order valence-electron chi connectivity index (χ1n) is 3.61. The molecule has 3 nitrogen and oxygen atoms in total. The van der Waals surface area contributed by atoms with Crippen molar-refractivity contribution in [3.63, 3.8) is 0 Å². The Balaban J connectivity index is 3.61. The average molecular weight is 144 g/mol. The number of amides is 1. The van der Waals surface area contributed by atoms with E-state index in [9.17, 15) is 4.79 Å². The molecule has 0 aliphatic carbocycles. The van der Waals surface area contributed by atoms with Crippen LogP contribution in [0.15, 0.2) is 0 Å². The molecule has 2 atom stereocenters. The smallest absolute Gasteiger partial charge is 0.218 e. The summed E-state index contributed by atoms with van der Waals surface area (Å²) in [4.78, 5) is 10.4. The van der Waals surface area contributed by atoms with Gasteiger partial charge in [0, 0.05) is 12.5 Å². The molecule has 0 saturated carbocycles. The zero-order valence-corrected chi connectivity index (χ0v) is 6.63. The van der Waals surface area contributed by atoms with Crippen molar-refractivity contribution >= 4 is 5.91 Å². The molecule has 0 rings (SSSR count). The van der Waals surface area contributed by atoms with E-state index in [2.05, 4.69) is 0 Å². The molecule has 0 radical (unpaired) electrons. The second-order valence-electron chi connectivity index (χ2n) is 2.72. The van der Waals surface area contributed by atoms with E-state index in [1.54, 1.807) is 0 Å². The molecule has 3 heteroatoms. The lowest BCUT2D eigenvalue weighted by Crippen LogP contribution is -2.32. The van der Waals surface area contributed by atoms with Gasteiger partial charge in [0.15, 0.2) is 0 Å². The Morgan fingerprint density at radius 1 is 1.60 bits per heavy atom. The summed E-state index contributed by atoms with van der Waals surface area (Å²) in [5.74, 6) is 0.0697. The molecule has 60 valence electrons. The largest absolute Gasteiger partial charge is 0.370 e. The van der Waals surface area contributed by atoms with Gasteiger partial charge in [0.2, 0.25) is 5.91 Å². The highest BCUT2D eigenvalue weighted by Gasteiger charge is 2.12. The molecule has 0 spiro atoms. The number of primary amides is 1. The lowest BCUT2D eigenvalue weighted by molar-refractivity contribution is -0.118. The summed E-state index contributed by atoms with van der Waals surface area (Å²) in [6.07, 6.45) is 1.30. The third-order valence-electron chi connectivity index (χ3n) is 1.81. The van der Waals surface area contributed by atoms with Gasteiger partial charge < -0.3 is 11.5 Å². The van der Waals surface area contributed by atoms with E-state index in [0.717, 1.165) is 6.42 Å². The minimum Gasteiger partial charge on any atom is -0.370 e. The van der Waals surface area contributed by atoms with Gasteiger partial charge in [0.05, 0.1) is 0 Å². The molecule has 0 saturated heterocycles. The molecule has 0 aromatic rings. The van der Waals surface area contributed by atoms with Crippen LogP contribution in [-0.4, -0.2) is 11.9 Å². The zero-order valence-electron chi connectivity index (χ0n) is 6.63. The van der Waals surface area contributed by atoms with Gasteiger partial charge >= 0.3 is 0 Å². The predicted octanol–water partition coefficient (Wildman–Crippen LogP) is 0.235. The van der Waals surface area contributed by atoms with Crippen molar-refractivity contribution in [1.82, 2.24) is 0 Å². The Morgan fingerprint density at radius 2 is 2.10 bits per heavy atom. The molecule has 0 aromatic heterocycles. The number of hydrogen-bond acceptors (Lipinski definition) is 2. The van der Waals surface area contributed by atoms with Gasteiger partial charge in [0.1, 0.15) is 0 Å². The average Bonchev–Trinajstić information content (AvgIpc) is 1.85. The Morgan fingerprint density at radius 3 is 2.40 bits per heavy atom. The number of hydrogen-bond donors (Lipinski definition) is 2. The summed E-state index contributed by atoms with van der Waals surface area (Å²) in [5, 5.41) is 0. The van der Waals surface area contributed by atoms with E-state index in [-0.39, 0.29) is 11.9 Å². The number of rotatable bonds is 4. The summed E-state index contributed by atoms with van der Waals surface area (Å²) in [5.41, 5.74) is 10.6. The van der Waals surface area contributed by atoms with E-state index >= 15 is 0 Å². The molecule has 0 aliphatic heterocycles. The summed E-state index contributed by atoms with van der Waals surface area (Å²) in [7, 11) is 0. The fourth-order valence-corrected chi connectivity index (χ4v) is 0.736. The first-order valence-corrected chi connectivity index (χ1v) is 3.61. The van der Waals surface area contributed by atoms with Crippen molar-refractivity contribution in [2.24, 2.45) is 17.4 Å². The Kier molecular flexibility index (Phi) is 4.03. The van der Waals surface area contributed by atoms with Gasteiger partial charge in [-0.25, -0.2) is 0 Å². The van der Waals surface area contributed by atoms with Gasteiger partial charge in [0.25, 0.3) is 0 Å². The highest BCUT2D eigenvalue weighted by atomic mass is 16.1. The molecule has 0 heterocycles. The summed E-state index contributed by atoms with van der Waals surface area (Å²) in [6, 6.07) is -0.0671. The summed E-state index contributed by atoms with van der Waals surface area (Å²) < 4.78 is 0. The van der Waals surface area contributed by atoms with E-state index in [0.29, 0.717) is 12.3 Å². The summed E-state index contributed by atoms with van der Waals surface area (Å²) in [6.45, 7) is 4.07. The highest BCUT2D eigenvalue weighted by molar-refractivity contribution is 5.74. The van der Waals surface area contributed by atoms with Crippen LogP contribution in [0.4, 0.5) is 0 Å². The van der Waals surface area contributed by atoms with Crippen LogP contribution >= 0.6 is 0 Å². The number of carbonyl (C=O) groups excluding carboxylic acids is 1. The molecule has 0 aliphatic rings. The second kappa shape index (κ2) is 4.28. The van der Waals surface area contributed by atoms with E-state index in [1.807, 2.05) is 13.8 Å². The van der Waals surface area contributed by atoms with Gasteiger partial charge in [-0.1, -0.05) is 20.3 Å². The van der Waals surface area contributed by atoms with Crippen LogP contribution in [0.3, 0.4) is 0 Å². The maximum Gasteiger partial charge on any atom is 0.218 e. The van der Waals surface area contributed by atoms with Crippen LogP contribution in [0.2, 0.25) is 0 Å². The van der Waals surface area contributed by atoms with E-state index < -0.39 is 0 Å². The first kappa shape index (κ1) is 9.43. The van der Waals surface area contributed by atoms with Crippen molar-refractivity contribution in [3.8, 4) is 0 Å². The third-order valence-corrected chi connectivity index (χ3v) is 1.81. The normalized spacial score (nSPS) is 16.3. The van der Waals surface area contributed by atoms with Crippen LogP contribution in [0.1, 0.15) is 26.7 Å². The number of carbonyl (C=O) groups is 1. The summed E-state index contributed by atoms with van der Waals surface area (Å²) >= 11 is 0. The quantitative estimate of drug-likeness (QED) is 0.593. The lowest BCUT2D eigenvalue weighted by atomic mass is 9.97. The van der Waals surface area contributed by atoms with E-state index in [1.165, 1.54) is 0 Å². The molecule has 1 unspecified atom stereocenters. The molecular weight excluding hydrogens is 128 g/mol. The van der Waals surface area contributed by atoms with Crippen LogP contribution < -0.4 is 11.5 Å². The Hall–Kier alpha value is -0.570. The lowest BCUT2D eigenvalue weighted by Gasteiger charge is -2.15. The van der Waals surface area contributed by atoms with Gasteiger partial charge in [-0.3, -0.25) is 4.79 Å². The Bertz CT molecular complexity index is 114. The van der Waals surface area contributed by atoms with Crippen molar-refractivity contribution in [3.05, 3.63) is 0 Å². The van der Waals surface area contributed by atoms with Crippen molar-refractivity contribution in [1.29, 1.82) is 0 Å². The fourth-order valence-electron chi connectivity index (χ4n) is 0.736. The fraction of sp³-hybridized carbons (Fsp3) is 0.857. The van der Waals surface area contributed by atoms with Crippen LogP contribution in [0.5, 0.6) is 0 Å². The molecule has 1 amide bonds. The van der Waals surface area contributed by atoms with Gasteiger partial charge in [-0.2, -0.15) is 0 Å². The highest BCUT2D eigenvalue weighted by Crippen LogP contribution is 2.07. The van der Waals surface area contributed by atoms with E-state index in [4.69, 9.17) is 11.5 Å². The van der Waals surface area contributed by atoms with Gasteiger partial charge in [-0.15, -0.1) is 0 Å². The maximum atomic E-state index is 10.4. The molecule has 10 heavy (non-hydrogen) atoms. The minimum atomic E-state index is -0.312. The third kappa shape index (κ3) is 3.45. The Labute approximate surface area is 61.8 Å². The minimum absolute atomic E-state index is 0.0671. The first-order chi connectivity index (χ1) is 4.57. The predicted molar refractivity (Wildman–Crippen MR) is 41.2 cm³/mol. The van der Waals surface area contributed by atoms with Crippen LogP contribution in [-0.2, 0) is 4.79 Å². The van der Waals surface area contributed by atoms with Crippen LogP contribution in [0, 0.1) is 5.92 Å². The zero-order chi connectivity index (χ0) is 8.15. The SMILES string of the molecule is CCC(C)[C@H](N)CC(N)=O. The molecular formula is C7H16N2O. The monoisotopic (exact) mass is 144 g/mol. The second-order valence-corrected chi connectivity index (χ2v) is 2.72. The molecule has 4 N–H and O–H groups in total. The van der Waals surface area contributed by atoms with Crippen molar-refractivity contribution in [2.45, 2.75) is 32.7 Å². The topological polar surface area (TPSA) is 69.1 Å². The van der Waals surface area contributed by atoms with Gasteiger partial charge in [-0.05, 0) is 5.92 Å². The van der Waals surface area contributed by atoms with Crippen molar-refractivity contribution in [2.75, 3.05) is 0 Å². The molecule has 0 bridgehead atoms. The number of nitrogens with two attached hydrogens (primary N) is 2. The molecule has 0 fully saturated rings. The van der Waals surface area contributed by atoms with Crippen LogP contribution in [0.25, 0.3) is 0 Å².